The highest BCUT2D eigenvalue weighted by Crippen LogP contribution is 2.55. The van der Waals surface area contributed by atoms with Gasteiger partial charge in [-0.15, -0.1) is 0 Å². The maximum Gasteiger partial charge on any atom is -0.00132 e. The number of aryl methyl sites for hydroxylation is 4. The molecule has 0 atom stereocenters. The van der Waals surface area contributed by atoms with Crippen LogP contribution in [0.4, 0.5) is 0 Å². The lowest BCUT2D eigenvalue weighted by Crippen LogP contribution is -1.98. The highest BCUT2D eigenvalue weighted by Gasteiger charge is 2.30. The first kappa shape index (κ1) is 73.5. The summed E-state index contributed by atoms with van der Waals surface area (Å²) in [5.74, 6) is 0. The summed E-state index contributed by atoms with van der Waals surface area (Å²) in [5.41, 5.74) is 11.7. The van der Waals surface area contributed by atoms with Gasteiger partial charge in [-0.05, 0) is 396 Å². The van der Waals surface area contributed by atoms with E-state index in [9.17, 15) is 0 Å². The van der Waals surface area contributed by atoms with Gasteiger partial charge < -0.3 is 0 Å². The van der Waals surface area contributed by atoms with Gasteiger partial charge in [-0.25, -0.2) is 0 Å². The molecule has 0 spiro atoms. The van der Waals surface area contributed by atoms with Gasteiger partial charge in [-0.2, -0.15) is 0 Å². The molecule has 0 saturated heterocycles. The van der Waals surface area contributed by atoms with E-state index < -0.39 is 0 Å². The topological polar surface area (TPSA) is 0 Å². The fraction of sp³-hybridized carbons (Fsp3) is 0.109. The molecule has 602 valence electrons. The molecule has 29 aromatic rings. The van der Waals surface area contributed by atoms with Crippen LogP contribution in [0.25, 0.3) is 259 Å². The molecule has 29 aromatic carbocycles. The molecule has 0 aliphatic rings. The number of rotatable bonds is 12. The molecular formula is C128H90. The monoisotopic (exact) mass is 1630 g/mol. The predicted octanol–water partition coefficient (Wildman–Crippen LogP) is 36.4. The van der Waals surface area contributed by atoms with Crippen LogP contribution in [0, 0.1) is 0 Å². The molecule has 0 fully saturated rings. The molecular weight excluding hydrogens is 1540 g/mol. The second-order valence-electron chi connectivity index (χ2n) is 37.0. The Kier molecular flexibility index (Phi) is 16.3. The van der Waals surface area contributed by atoms with Crippen molar-refractivity contribution in [2.75, 3.05) is 0 Å². The second kappa shape index (κ2) is 28.3. The number of benzene rings is 23. The van der Waals surface area contributed by atoms with Crippen LogP contribution >= 0.6 is 0 Å². The lowest BCUT2D eigenvalue weighted by Gasteiger charge is -2.17. The van der Waals surface area contributed by atoms with Gasteiger partial charge >= 0.3 is 0 Å². The maximum atomic E-state index is 2.57. The largest absolute Gasteiger partial charge is 0.0651 e. The molecule has 0 amide bonds. The summed E-state index contributed by atoms with van der Waals surface area (Å²) in [7, 11) is 0. The second-order valence-corrected chi connectivity index (χ2v) is 37.0. The molecule has 0 saturated carbocycles. The van der Waals surface area contributed by atoms with E-state index in [1.54, 1.807) is 0 Å². The SMILES string of the molecule is CCCc1c2cc3c(cc2c(CCC)c2c4cc5ccccc5c5cccc(c12)c54)c1cccc2cccc3c21.CCCc1c2cc3c(cc2c(CCC)c2c4cccc5cccc(c12)c54)c1cc2ccccc2c2cccc3c21.c1ccc(Cc2c3cc4c(cc3c(Cc3ccccc3)c3c5cccc6cccc(c23)c65)c2cc3ccccc3c3cccc4c32)cc1. The zero-order valence-electron chi connectivity index (χ0n) is 72.6. The molecule has 0 bridgehead atoms. The Morgan fingerprint density at radius 2 is 0.328 bits per heavy atom. The first-order valence-corrected chi connectivity index (χ1v) is 46.9. The average Bonchev–Trinajstić information content (AvgIpc) is 1.54. The van der Waals surface area contributed by atoms with Crippen LogP contribution in [-0.4, -0.2) is 0 Å². The fourth-order valence-electron chi connectivity index (χ4n) is 25.2. The van der Waals surface area contributed by atoms with E-state index in [1.807, 2.05) is 0 Å². The summed E-state index contributed by atoms with van der Waals surface area (Å²) in [5, 5.41) is 67.1. The molecule has 0 N–H and O–H groups in total. The molecule has 128 heavy (non-hydrogen) atoms. The van der Waals surface area contributed by atoms with E-state index in [1.165, 1.54) is 303 Å². The van der Waals surface area contributed by atoms with Crippen molar-refractivity contribution in [3.63, 3.8) is 0 Å². The zero-order valence-corrected chi connectivity index (χ0v) is 72.6. The van der Waals surface area contributed by atoms with Gasteiger partial charge in [-0.1, -0.05) is 351 Å². The van der Waals surface area contributed by atoms with E-state index in [-0.39, 0.29) is 0 Å². The lowest BCUT2D eigenvalue weighted by molar-refractivity contribution is 0.928. The van der Waals surface area contributed by atoms with Gasteiger partial charge in [0.15, 0.2) is 0 Å². The van der Waals surface area contributed by atoms with Crippen LogP contribution in [0.15, 0.2) is 352 Å². The van der Waals surface area contributed by atoms with E-state index >= 15 is 0 Å². The first-order chi connectivity index (χ1) is 63.4. The van der Waals surface area contributed by atoms with Crippen molar-refractivity contribution in [3.8, 4) is 0 Å². The van der Waals surface area contributed by atoms with Gasteiger partial charge in [0.05, 0.1) is 0 Å². The maximum absolute atomic E-state index is 2.57. The Morgan fingerprint density at radius 3 is 0.648 bits per heavy atom. The normalized spacial score (nSPS) is 12.5. The standard InChI is InChI=1S/C48H30.2C40H30/c1-3-12-29(13-4-1)24-42-40-27-38-35-21-11-20-34-33-19-8-7-16-32(33)26-44(46(34)35)39(38)28-41(40)43(25-30-14-5-2-6-15-30)48-37-23-10-18-31-17-9-22-36(45(31)37)47(42)48;1-3-10-26-32-21-34-29-17-9-16-28-25-15-6-5-12-24(25)20-36(38(28)29)35(34)22-33(32)27(11-4-2)40-31-19-8-14-23-13-7-18-30(37(23)31)39(26)40;1-3-10-26-32-21-34-29-16-7-13-23-14-8-17-30(37(23)29)35(34)22-33(32)27(11-4-2)40-36-20-24-12-5-6-15-25(24)28-18-9-19-31(38(28)36)39(26)40/h1-23,26-28H,24-25H2;2*5-9,12-22H,3-4,10-11H2,1-2H3. The highest BCUT2D eigenvalue weighted by molar-refractivity contribution is 6.43. The van der Waals surface area contributed by atoms with Crippen molar-refractivity contribution in [1.82, 2.24) is 0 Å². The van der Waals surface area contributed by atoms with Crippen LogP contribution in [0.2, 0.25) is 0 Å². The van der Waals surface area contributed by atoms with Crippen LogP contribution < -0.4 is 0 Å². The van der Waals surface area contributed by atoms with Crippen molar-refractivity contribution in [2.24, 2.45) is 0 Å². The summed E-state index contributed by atoms with van der Waals surface area (Å²) in [4.78, 5) is 0. The smallest absolute Gasteiger partial charge is 0.00132 e. The van der Waals surface area contributed by atoms with E-state index in [4.69, 9.17) is 0 Å². The summed E-state index contributed by atoms with van der Waals surface area (Å²) >= 11 is 0. The molecule has 0 heteroatoms. The molecule has 0 heterocycles. The number of fused-ring (bicyclic) bond motifs is 27. The summed E-state index contributed by atoms with van der Waals surface area (Å²) < 4.78 is 0. The number of hydrogen-bond acceptors (Lipinski definition) is 0. The quantitative estimate of drug-likeness (QED) is 0.107. The van der Waals surface area contributed by atoms with E-state index in [0.29, 0.717) is 0 Å². The third-order valence-electron chi connectivity index (χ3n) is 30.2. The third kappa shape index (κ3) is 10.4. The lowest BCUT2D eigenvalue weighted by atomic mass is 9.86. The van der Waals surface area contributed by atoms with Gasteiger partial charge in [0.2, 0.25) is 0 Å². The van der Waals surface area contributed by atoms with Crippen LogP contribution in [0.5, 0.6) is 0 Å². The summed E-state index contributed by atoms with van der Waals surface area (Å²) in [6, 6.07) is 134. The van der Waals surface area contributed by atoms with E-state index in [2.05, 4.69) is 380 Å². The predicted molar refractivity (Wildman–Crippen MR) is 561 cm³/mol. The molecule has 0 aromatic heterocycles. The summed E-state index contributed by atoms with van der Waals surface area (Å²) in [6.07, 6.45) is 10.7. The highest BCUT2D eigenvalue weighted by atomic mass is 14.3. The minimum absolute atomic E-state index is 0.883. The fourth-order valence-corrected chi connectivity index (χ4v) is 25.2. The van der Waals surface area contributed by atoms with Crippen molar-refractivity contribution >= 4 is 259 Å². The van der Waals surface area contributed by atoms with Crippen molar-refractivity contribution in [1.29, 1.82) is 0 Å². The zero-order chi connectivity index (χ0) is 84.4. The molecule has 0 unspecified atom stereocenters. The minimum Gasteiger partial charge on any atom is -0.0651 e. The van der Waals surface area contributed by atoms with Gasteiger partial charge in [0.25, 0.3) is 0 Å². The van der Waals surface area contributed by atoms with E-state index in [0.717, 1.165) is 64.2 Å². The first-order valence-electron chi connectivity index (χ1n) is 46.9. The minimum atomic E-state index is 0.883. The Hall–Kier alpha value is -14.8. The van der Waals surface area contributed by atoms with Crippen LogP contribution in [0.1, 0.15) is 97.9 Å². The molecule has 0 aliphatic carbocycles. The molecule has 0 radical (unpaired) electrons. The third-order valence-corrected chi connectivity index (χ3v) is 30.2. The van der Waals surface area contributed by atoms with Crippen LogP contribution in [-0.2, 0) is 38.5 Å². The van der Waals surface area contributed by atoms with Crippen LogP contribution in [0.3, 0.4) is 0 Å². The van der Waals surface area contributed by atoms with Crippen molar-refractivity contribution in [2.45, 2.75) is 91.9 Å². The van der Waals surface area contributed by atoms with Crippen molar-refractivity contribution in [3.05, 3.63) is 396 Å². The van der Waals surface area contributed by atoms with Gasteiger partial charge in [0, 0.05) is 0 Å². The molecule has 0 aliphatic heterocycles. The Balaban J connectivity index is 0.0000000999. The average molecular weight is 1630 g/mol. The molecule has 0 nitrogen and oxygen atoms in total. The van der Waals surface area contributed by atoms with Crippen molar-refractivity contribution < 1.29 is 0 Å². The van der Waals surface area contributed by atoms with Gasteiger partial charge in [0.1, 0.15) is 0 Å². The Morgan fingerprint density at radius 1 is 0.125 bits per heavy atom. The number of hydrogen-bond donors (Lipinski definition) is 0. The summed E-state index contributed by atoms with van der Waals surface area (Å²) in [6.45, 7) is 9.33. The Labute approximate surface area is 741 Å². The van der Waals surface area contributed by atoms with Gasteiger partial charge in [-0.3, -0.25) is 0 Å². The Bertz CT molecular complexity index is 9650. The molecule has 29 rings (SSSR count).